The summed E-state index contributed by atoms with van der Waals surface area (Å²) in [6.07, 6.45) is 0. The first-order chi connectivity index (χ1) is 11.4. The van der Waals surface area contributed by atoms with Gasteiger partial charge in [-0.05, 0) is 30.0 Å². The van der Waals surface area contributed by atoms with E-state index in [1.165, 1.54) is 0 Å². The van der Waals surface area contributed by atoms with Crippen LogP contribution < -0.4 is 28.7 Å². The number of hydrogen-bond acceptors (Lipinski definition) is 4. The van der Waals surface area contributed by atoms with Crippen LogP contribution in [0, 0.1) is 6.92 Å². The van der Waals surface area contributed by atoms with Gasteiger partial charge >= 0.3 is 5.97 Å². The van der Waals surface area contributed by atoms with Gasteiger partial charge in [0, 0.05) is 0 Å². The van der Waals surface area contributed by atoms with E-state index >= 15 is 0 Å². The van der Waals surface area contributed by atoms with Gasteiger partial charge in [0.2, 0.25) is 0 Å². The molecular weight excluding hydrogens is 433 g/mol. The summed E-state index contributed by atoms with van der Waals surface area (Å²) in [7, 11) is 2.18. The number of nitrogens with zero attached hydrogens (tertiary/aromatic N) is 1. The molecule has 1 aromatic rings. The lowest BCUT2D eigenvalue weighted by Crippen LogP contribution is -3.00. The number of rotatable bonds is 7. The summed E-state index contributed by atoms with van der Waals surface area (Å²) in [5.41, 5.74) is 2.23. The van der Waals surface area contributed by atoms with Crippen LogP contribution in [0.25, 0.3) is 0 Å². The van der Waals surface area contributed by atoms with Gasteiger partial charge in [-0.25, -0.2) is 4.79 Å². The van der Waals surface area contributed by atoms with Gasteiger partial charge in [-0.2, -0.15) is 0 Å². The summed E-state index contributed by atoms with van der Waals surface area (Å²) >= 11 is 0. The van der Waals surface area contributed by atoms with Gasteiger partial charge < -0.3 is 42.7 Å². The van der Waals surface area contributed by atoms with Gasteiger partial charge in [-0.3, -0.25) is 0 Å². The summed E-state index contributed by atoms with van der Waals surface area (Å²) < 4.78 is 17.3. The van der Waals surface area contributed by atoms with Crippen LogP contribution in [0.4, 0.5) is 0 Å². The maximum Gasteiger partial charge on any atom is 0.344 e. The van der Waals surface area contributed by atoms with Crippen molar-refractivity contribution in [3.05, 3.63) is 29.3 Å². The topological polar surface area (TPSA) is 44.8 Å². The summed E-state index contributed by atoms with van der Waals surface area (Å²) in [6.45, 7) is 10.9. The van der Waals surface area contributed by atoms with E-state index in [1.807, 2.05) is 13.0 Å². The Kier molecular flexibility index (Phi) is 9.16. The van der Waals surface area contributed by atoms with E-state index < -0.39 is 0 Å². The molecule has 6 heteroatoms. The van der Waals surface area contributed by atoms with Crippen molar-refractivity contribution >= 4 is 5.97 Å². The Balaban J connectivity index is 0.00000312. The average Bonchev–Trinajstić information content (AvgIpc) is 2.53. The standard InChI is InChI=1S/C19H30NO4.HI/c1-15(2)17-6-5-16(3)13-18(17)24-14-19(21)23-12-9-20(4)7-10-22-11-8-20;/h5-6,13,15H,7-12,14H2,1-4H3;1H/q+1;/p-1. The van der Waals surface area contributed by atoms with Gasteiger partial charge in [-0.1, -0.05) is 26.0 Å². The van der Waals surface area contributed by atoms with Crippen LogP contribution in [0.1, 0.15) is 30.9 Å². The Morgan fingerprint density at radius 2 is 1.96 bits per heavy atom. The van der Waals surface area contributed by atoms with Crippen LogP contribution in [0.2, 0.25) is 0 Å². The molecule has 0 unspecified atom stereocenters. The van der Waals surface area contributed by atoms with Crippen molar-refractivity contribution in [3.8, 4) is 5.75 Å². The zero-order valence-electron chi connectivity index (χ0n) is 15.7. The van der Waals surface area contributed by atoms with E-state index in [4.69, 9.17) is 14.2 Å². The molecule has 0 N–H and O–H groups in total. The molecule has 0 saturated carbocycles. The number of benzene rings is 1. The van der Waals surface area contributed by atoms with Crippen LogP contribution in [0.15, 0.2) is 18.2 Å². The molecule has 0 radical (unpaired) electrons. The third kappa shape index (κ3) is 7.11. The number of carbonyl (C=O) groups is 1. The Labute approximate surface area is 168 Å². The molecule has 1 saturated heterocycles. The minimum Gasteiger partial charge on any atom is -1.00 e. The predicted octanol–water partition coefficient (Wildman–Crippen LogP) is -0.479. The third-order valence-electron chi connectivity index (χ3n) is 4.58. The number of morpholine rings is 1. The molecule has 0 atom stereocenters. The Hall–Kier alpha value is -0.860. The van der Waals surface area contributed by atoms with Crippen molar-refractivity contribution in [2.45, 2.75) is 26.7 Å². The lowest BCUT2D eigenvalue weighted by molar-refractivity contribution is -0.917. The molecule has 1 aliphatic rings. The molecule has 0 aromatic heterocycles. The molecule has 1 aromatic carbocycles. The fourth-order valence-electron chi connectivity index (χ4n) is 2.81. The maximum atomic E-state index is 11.9. The van der Waals surface area contributed by atoms with E-state index in [9.17, 15) is 4.79 Å². The van der Waals surface area contributed by atoms with Crippen molar-refractivity contribution in [1.82, 2.24) is 0 Å². The molecule has 5 nitrogen and oxygen atoms in total. The fourth-order valence-corrected chi connectivity index (χ4v) is 2.81. The minimum absolute atomic E-state index is 0. The lowest BCUT2D eigenvalue weighted by Gasteiger charge is -2.37. The molecule has 0 aliphatic carbocycles. The number of hydrogen-bond donors (Lipinski definition) is 0. The van der Waals surface area contributed by atoms with Crippen LogP contribution >= 0.6 is 0 Å². The summed E-state index contributed by atoms with van der Waals surface area (Å²) in [6, 6.07) is 6.10. The number of esters is 1. The van der Waals surface area contributed by atoms with Gasteiger partial charge in [0.05, 0.1) is 20.3 Å². The zero-order valence-corrected chi connectivity index (χ0v) is 17.9. The summed E-state index contributed by atoms with van der Waals surface area (Å²) in [5.74, 6) is 0.808. The second kappa shape index (κ2) is 10.3. The van der Waals surface area contributed by atoms with Crippen molar-refractivity contribution in [2.75, 3.05) is 53.1 Å². The highest BCUT2D eigenvalue weighted by Crippen LogP contribution is 2.27. The molecule has 0 spiro atoms. The van der Waals surface area contributed by atoms with Crippen molar-refractivity contribution in [1.29, 1.82) is 0 Å². The molecule has 142 valence electrons. The first-order valence-electron chi connectivity index (χ1n) is 8.70. The Morgan fingerprint density at radius 1 is 1.28 bits per heavy atom. The average molecular weight is 463 g/mol. The number of quaternary nitrogens is 1. The molecule has 2 rings (SSSR count). The molecule has 1 aliphatic heterocycles. The third-order valence-corrected chi connectivity index (χ3v) is 4.58. The highest BCUT2D eigenvalue weighted by atomic mass is 127. The summed E-state index contributed by atoms with van der Waals surface area (Å²) in [4.78, 5) is 11.9. The highest BCUT2D eigenvalue weighted by Gasteiger charge is 2.25. The molecule has 1 heterocycles. The summed E-state index contributed by atoms with van der Waals surface area (Å²) in [5, 5.41) is 0. The Bertz CT molecular complexity index is 556. The highest BCUT2D eigenvalue weighted by molar-refractivity contribution is 5.71. The largest absolute Gasteiger partial charge is 1.00 e. The first kappa shape index (κ1) is 22.2. The zero-order chi connectivity index (χ0) is 17.6. The van der Waals surface area contributed by atoms with Crippen LogP contribution in [0.5, 0.6) is 5.75 Å². The minimum atomic E-state index is -0.314. The van der Waals surface area contributed by atoms with Gasteiger partial charge in [0.1, 0.15) is 32.0 Å². The maximum absolute atomic E-state index is 11.9. The second-order valence-corrected chi connectivity index (χ2v) is 7.11. The van der Waals surface area contributed by atoms with E-state index in [-0.39, 0.29) is 36.6 Å². The predicted molar refractivity (Wildman–Crippen MR) is 93.3 cm³/mol. The van der Waals surface area contributed by atoms with E-state index in [0.29, 0.717) is 12.5 Å². The van der Waals surface area contributed by atoms with Crippen molar-refractivity contribution in [2.24, 2.45) is 0 Å². The normalized spacial score (nSPS) is 16.2. The van der Waals surface area contributed by atoms with E-state index in [0.717, 1.165) is 54.2 Å². The number of halogens is 1. The first-order valence-corrected chi connectivity index (χ1v) is 8.70. The number of ether oxygens (including phenoxy) is 3. The van der Waals surface area contributed by atoms with Crippen LogP contribution in [0.3, 0.4) is 0 Å². The molecule has 0 bridgehead atoms. The number of likely N-dealkylation sites (N-methyl/N-ethyl adjacent to an activating group) is 1. The molecular formula is C19H30INO4. The Morgan fingerprint density at radius 3 is 2.60 bits per heavy atom. The van der Waals surface area contributed by atoms with Crippen molar-refractivity contribution < 1.29 is 47.5 Å². The molecule has 0 amide bonds. The quantitative estimate of drug-likeness (QED) is 0.312. The second-order valence-electron chi connectivity index (χ2n) is 7.11. The van der Waals surface area contributed by atoms with Crippen LogP contribution in [-0.2, 0) is 14.3 Å². The molecule has 1 fully saturated rings. The monoisotopic (exact) mass is 463 g/mol. The van der Waals surface area contributed by atoms with Crippen molar-refractivity contribution in [3.63, 3.8) is 0 Å². The smallest absolute Gasteiger partial charge is 0.344 e. The number of aryl methyl sites for hydroxylation is 1. The molecule has 25 heavy (non-hydrogen) atoms. The van der Waals surface area contributed by atoms with Gasteiger partial charge in [0.15, 0.2) is 6.61 Å². The van der Waals surface area contributed by atoms with Crippen LogP contribution in [-0.4, -0.2) is 63.6 Å². The van der Waals surface area contributed by atoms with Gasteiger partial charge in [-0.15, -0.1) is 0 Å². The van der Waals surface area contributed by atoms with E-state index in [1.54, 1.807) is 0 Å². The van der Waals surface area contributed by atoms with E-state index in [2.05, 4.69) is 33.0 Å². The van der Waals surface area contributed by atoms with Gasteiger partial charge in [0.25, 0.3) is 0 Å². The lowest BCUT2D eigenvalue weighted by atomic mass is 10.0. The fraction of sp³-hybridized carbons (Fsp3) is 0.632. The number of carbonyl (C=O) groups excluding carboxylic acids is 1. The SMILES string of the molecule is Cc1ccc(C(C)C)c(OCC(=O)OCC[N+]2(C)CCOCC2)c1.[I-].